The number of carbonyl (C=O) groups excluding carboxylic acids is 1. The van der Waals surface area contributed by atoms with Gasteiger partial charge >= 0.3 is 6.03 Å². The number of nitrogens with one attached hydrogen (secondary N) is 2. The molecule has 0 radical (unpaired) electrons. The van der Waals surface area contributed by atoms with Gasteiger partial charge < -0.3 is 10.6 Å². The second-order valence-electron chi connectivity index (χ2n) is 4.61. The lowest BCUT2D eigenvalue weighted by Gasteiger charge is -2.26. The zero-order chi connectivity index (χ0) is 11.6. The van der Waals surface area contributed by atoms with E-state index in [1.165, 1.54) is 6.42 Å². The normalized spacial score (nSPS) is 28.4. The summed E-state index contributed by atoms with van der Waals surface area (Å²) in [6.07, 6.45) is 4.64. The Morgan fingerprint density at radius 1 is 1.19 bits per heavy atom. The Morgan fingerprint density at radius 2 is 1.94 bits per heavy atom. The first-order chi connectivity index (χ1) is 7.58. The van der Waals surface area contributed by atoms with Crippen LogP contribution in [0.25, 0.3) is 0 Å². The monoisotopic (exact) mass is 246 g/mol. The maximum absolute atomic E-state index is 11.5. The lowest BCUT2D eigenvalue weighted by atomic mass is 9.93. The first-order valence-corrected chi connectivity index (χ1v) is 7.55. The molecule has 2 N–H and O–H groups in total. The summed E-state index contributed by atoms with van der Waals surface area (Å²) < 4.78 is 23.0. The number of amides is 2. The summed E-state index contributed by atoms with van der Waals surface area (Å²) in [6.45, 7) is 0.251. The Labute approximate surface area is 95.9 Å². The zero-order valence-corrected chi connectivity index (χ0v) is 10.1. The van der Waals surface area contributed by atoms with Crippen LogP contribution in [0.1, 0.15) is 32.1 Å². The molecule has 2 rings (SSSR count). The van der Waals surface area contributed by atoms with Gasteiger partial charge in [-0.05, 0) is 32.1 Å². The highest BCUT2D eigenvalue weighted by molar-refractivity contribution is 7.92. The van der Waals surface area contributed by atoms with Crippen molar-refractivity contribution >= 4 is 15.9 Å². The van der Waals surface area contributed by atoms with E-state index >= 15 is 0 Å². The van der Waals surface area contributed by atoms with E-state index in [1.807, 2.05) is 0 Å². The van der Waals surface area contributed by atoms with Gasteiger partial charge in [-0.2, -0.15) is 0 Å². The van der Waals surface area contributed by atoms with Gasteiger partial charge in [-0.15, -0.1) is 0 Å². The summed E-state index contributed by atoms with van der Waals surface area (Å²) in [5, 5.41) is 5.10. The minimum Gasteiger partial charge on any atom is -0.337 e. The van der Waals surface area contributed by atoms with Crippen molar-refractivity contribution in [2.75, 3.05) is 12.3 Å². The van der Waals surface area contributed by atoms with Gasteiger partial charge in [0.15, 0.2) is 9.84 Å². The van der Waals surface area contributed by atoms with Crippen molar-refractivity contribution in [1.29, 1.82) is 0 Å². The zero-order valence-electron chi connectivity index (χ0n) is 9.24. The molecule has 16 heavy (non-hydrogen) atoms. The average Bonchev–Trinajstić information content (AvgIpc) is 2.48. The van der Waals surface area contributed by atoms with Crippen molar-refractivity contribution in [2.45, 2.75) is 43.4 Å². The Hall–Kier alpha value is -0.780. The fourth-order valence-electron chi connectivity index (χ4n) is 2.08. The van der Waals surface area contributed by atoms with Crippen LogP contribution in [0.2, 0.25) is 0 Å². The fourth-order valence-corrected chi connectivity index (χ4v) is 3.85. The fraction of sp³-hybridized carbons (Fsp3) is 0.900. The van der Waals surface area contributed by atoms with E-state index in [1.54, 1.807) is 0 Å². The highest BCUT2D eigenvalue weighted by Crippen LogP contribution is 2.19. The molecule has 1 saturated heterocycles. The second-order valence-corrected chi connectivity index (χ2v) is 7.01. The predicted molar refractivity (Wildman–Crippen MR) is 61.0 cm³/mol. The number of rotatable bonds is 3. The van der Waals surface area contributed by atoms with Gasteiger partial charge in [0.05, 0.1) is 11.0 Å². The molecule has 0 spiro atoms. The van der Waals surface area contributed by atoms with Gasteiger partial charge in [-0.25, -0.2) is 13.2 Å². The van der Waals surface area contributed by atoms with Gasteiger partial charge in [0.2, 0.25) is 0 Å². The molecule has 2 amide bonds. The van der Waals surface area contributed by atoms with Gasteiger partial charge in [-0.3, -0.25) is 0 Å². The number of hydrogen-bond acceptors (Lipinski definition) is 3. The number of carbonyl (C=O) groups is 1. The third-order valence-electron chi connectivity index (χ3n) is 3.39. The SMILES string of the molecule is O=C(NCC1CCCS1(=O)=O)NC1CCC1. The third kappa shape index (κ3) is 2.66. The van der Waals surface area contributed by atoms with Crippen LogP contribution >= 0.6 is 0 Å². The molecule has 2 aliphatic rings. The second kappa shape index (κ2) is 4.61. The molecular formula is C10H18N2O3S. The van der Waals surface area contributed by atoms with Gasteiger partial charge in [0.25, 0.3) is 0 Å². The Balaban J connectivity index is 1.72. The molecule has 1 saturated carbocycles. The van der Waals surface area contributed by atoms with E-state index in [0.717, 1.165) is 19.3 Å². The highest BCUT2D eigenvalue weighted by Gasteiger charge is 2.31. The standard InChI is InChI=1S/C10H18N2O3S/c13-10(12-8-3-1-4-8)11-7-9-5-2-6-16(9,14)15/h8-9H,1-7H2,(H2,11,12,13). The van der Waals surface area contributed by atoms with Crippen LogP contribution in [0.15, 0.2) is 0 Å². The minimum absolute atomic E-state index is 0.230. The quantitative estimate of drug-likeness (QED) is 0.757. The first kappa shape index (κ1) is 11.7. The summed E-state index contributed by atoms with van der Waals surface area (Å²) in [7, 11) is -2.95. The molecule has 1 heterocycles. The van der Waals surface area contributed by atoms with Crippen molar-refractivity contribution < 1.29 is 13.2 Å². The van der Waals surface area contributed by atoms with Crippen molar-refractivity contribution in [3.8, 4) is 0 Å². The largest absolute Gasteiger partial charge is 0.337 e. The molecule has 1 atom stereocenters. The summed E-state index contributed by atoms with van der Waals surface area (Å²) in [5.41, 5.74) is 0. The molecule has 0 bridgehead atoms. The van der Waals surface area contributed by atoms with E-state index < -0.39 is 9.84 Å². The third-order valence-corrected chi connectivity index (χ3v) is 5.67. The number of sulfone groups is 1. The average molecular weight is 246 g/mol. The van der Waals surface area contributed by atoms with Gasteiger partial charge in [0, 0.05) is 12.6 Å². The molecule has 92 valence electrons. The maximum Gasteiger partial charge on any atom is 0.315 e. The highest BCUT2D eigenvalue weighted by atomic mass is 32.2. The van der Waals surface area contributed by atoms with Crippen molar-refractivity contribution in [3.63, 3.8) is 0 Å². The smallest absolute Gasteiger partial charge is 0.315 e. The molecule has 1 unspecified atom stereocenters. The van der Waals surface area contributed by atoms with E-state index in [2.05, 4.69) is 10.6 Å². The van der Waals surface area contributed by atoms with Crippen LogP contribution in [0.3, 0.4) is 0 Å². The van der Waals surface area contributed by atoms with Crippen molar-refractivity contribution in [1.82, 2.24) is 10.6 Å². The summed E-state index contributed by atoms with van der Waals surface area (Å²) >= 11 is 0. The summed E-state index contributed by atoms with van der Waals surface area (Å²) in [6, 6.07) is 0.0620. The van der Waals surface area contributed by atoms with Crippen LogP contribution in [-0.2, 0) is 9.84 Å². The van der Waals surface area contributed by atoms with Crippen LogP contribution in [0.5, 0.6) is 0 Å². The molecular weight excluding hydrogens is 228 g/mol. The van der Waals surface area contributed by atoms with Gasteiger partial charge in [-0.1, -0.05) is 0 Å². The molecule has 1 aliphatic carbocycles. The molecule has 1 aliphatic heterocycles. The van der Waals surface area contributed by atoms with E-state index in [4.69, 9.17) is 0 Å². The maximum atomic E-state index is 11.5. The lowest BCUT2D eigenvalue weighted by molar-refractivity contribution is 0.228. The molecule has 2 fully saturated rings. The van der Waals surface area contributed by atoms with Crippen LogP contribution in [-0.4, -0.2) is 38.0 Å². The molecule has 0 aromatic heterocycles. The first-order valence-electron chi connectivity index (χ1n) is 5.84. The molecule has 0 aromatic rings. The topological polar surface area (TPSA) is 75.3 Å². The number of hydrogen-bond donors (Lipinski definition) is 2. The van der Waals surface area contributed by atoms with Crippen molar-refractivity contribution in [3.05, 3.63) is 0 Å². The Morgan fingerprint density at radius 3 is 2.44 bits per heavy atom. The Bertz CT molecular complexity index is 362. The molecule has 0 aromatic carbocycles. The van der Waals surface area contributed by atoms with E-state index in [-0.39, 0.29) is 23.6 Å². The predicted octanol–water partition coefficient (Wildman–Crippen LogP) is 0.415. The summed E-state index contributed by atoms with van der Waals surface area (Å²) in [4.78, 5) is 11.4. The minimum atomic E-state index is -2.95. The Kier molecular flexibility index (Phi) is 3.37. The lowest BCUT2D eigenvalue weighted by Crippen LogP contribution is -2.47. The molecule has 6 heteroatoms. The molecule has 5 nitrogen and oxygen atoms in total. The van der Waals surface area contributed by atoms with Crippen LogP contribution in [0, 0.1) is 0 Å². The summed E-state index contributed by atoms with van der Waals surface area (Å²) in [5.74, 6) is 0.267. The van der Waals surface area contributed by atoms with Crippen LogP contribution in [0.4, 0.5) is 4.79 Å². The van der Waals surface area contributed by atoms with E-state index in [0.29, 0.717) is 12.5 Å². The van der Waals surface area contributed by atoms with Crippen LogP contribution < -0.4 is 10.6 Å². The van der Waals surface area contributed by atoms with E-state index in [9.17, 15) is 13.2 Å². The van der Waals surface area contributed by atoms with Crippen molar-refractivity contribution in [2.24, 2.45) is 0 Å². The number of urea groups is 1. The van der Waals surface area contributed by atoms with Gasteiger partial charge in [0.1, 0.15) is 0 Å².